The Labute approximate surface area is 209 Å². The zero-order valence-corrected chi connectivity index (χ0v) is 20.7. The second-order valence-corrected chi connectivity index (χ2v) is 12.1. The molecule has 0 amide bonds. The van der Waals surface area contributed by atoms with Crippen molar-refractivity contribution >= 4 is 17.3 Å². The highest BCUT2D eigenvalue weighted by Gasteiger charge is 2.78. The molecule has 7 heteroatoms. The summed E-state index contributed by atoms with van der Waals surface area (Å²) in [5, 5.41) is 21.7. The number of anilines is 1. The number of aliphatic hydroxyl groups excluding tert-OH is 2. The Morgan fingerprint density at radius 2 is 1.89 bits per heavy atom. The molecule has 5 nitrogen and oxygen atoms in total. The first kappa shape index (κ1) is 24.0. The van der Waals surface area contributed by atoms with Crippen molar-refractivity contribution in [1.82, 2.24) is 0 Å². The van der Waals surface area contributed by atoms with E-state index in [1.807, 2.05) is 37.3 Å². The minimum absolute atomic E-state index is 0.0388. The molecule has 1 saturated heterocycles. The van der Waals surface area contributed by atoms with E-state index in [2.05, 4.69) is 4.90 Å². The van der Waals surface area contributed by atoms with Gasteiger partial charge in [0.25, 0.3) is 0 Å². The lowest BCUT2D eigenvalue weighted by Crippen LogP contribution is -2.69. The Kier molecular flexibility index (Phi) is 5.05. The van der Waals surface area contributed by atoms with Crippen LogP contribution in [0.4, 0.5) is 14.5 Å². The highest BCUT2D eigenvalue weighted by molar-refractivity contribution is 6.01. The van der Waals surface area contributed by atoms with Crippen LogP contribution in [0.15, 0.2) is 54.1 Å². The quantitative estimate of drug-likeness (QED) is 0.668. The van der Waals surface area contributed by atoms with Crippen LogP contribution in [-0.4, -0.2) is 59.4 Å². The maximum absolute atomic E-state index is 17.4. The first-order valence-electron chi connectivity index (χ1n) is 12.9. The topological polar surface area (TPSA) is 77.8 Å². The Morgan fingerprint density at radius 3 is 2.58 bits per heavy atom. The lowest BCUT2D eigenvalue weighted by atomic mass is 9.43. The molecule has 6 rings (SSSR count). The van der Waals surface area contributed by atoms with Gasteiger partial charge in [0.2, 0.25) is 0 Å². The van der Waals surface area contributed by atoms with Crippen molar-refractivity contribution in [1.29, 1.82) is 0 Å². The molecule has 1 aromatic rings. The zero-order chi connectivity index (χ0) is 25.7. The maximum Gasteiger partial charge on any atom is 0.178 e. The van der Waals surface area contributed by atoms with Crippen molar-refractivity contribution in [2.75, 3.05) is 24.6 Å². The average molecular weight is 498 g/mol. The molecule has 1 heterocycles. The van der Waals surface area contributed by atoms with E-state index < -0.39 is 46.7 Å². The molecule has 36 heavy (non-hydrogen) atoms. The summed E-state index contributed by atoms with van der Waals surface area (Å²) in [4.78, 5) is 27.8. The molecule has 1 aromatic carbocycles. The van der Waals surface area contributed by atoms with Gasteiger partial charge >= 0.3 is 0 Å². The number of ketones is 2. The second kappa shape index (κ2) is 7.57. The van der Waals surface area contributed by atoms with E-state index in [9.17, 15) is 19.8 Å². The summed E-state index contributed by atoms with van der Waals surface area (Å²) in [5.41, 5.74) is -4.30. The third-order valence-corrected chi connectivity index (χ3v) is 10.9. The first-order chi connectivity index (χ1) is 17.0. The number of fused-ring (bicyclic) bond motifs is 7. The van der Waals surface area contributed by atoms with Crippen LogP contribution >= 0.6 is 0 Å². The molecule has 3 saturated carbocycles. The van der Waals surface area contributed by atoms with Crippen LogP contribution < -0.4 is 4.90 Å². The van der Waals surface area contributed by atoms with Gasteiger partial charge in [-0.15, -0.1) is 0 Å². The number of hydrogen-bond acceptors (Lipinski definition) is 5. The number of carbonyl (C=O) groups excluding carboxylic acids is 2. The van der Waals surface area contributed by atoms with Gasteiger partial charge in [-0.05, 0) is 73.3 Å². The van der Waals surface area contributed by atoms with Crippen molar-refractivity contribution in [2.45, 2.75) is 51.1 Å². The van der Waals surface area contributed by atoms with Crippen molar-refractivity contribution in [3.63, 3.8) is 0 Å². The molecule has 1 aliphatic heterocycles. The lowest BCUT2D eigenvalue weighted by Gasteiger charge is -2.63. The number of aliphatic hydroxyl groups is 2. The molecular weight excluding hydrogens is 464 g/mol. The smallest absolute Gasteiger partial charge is 0.178 e. The van der Waals surface area contributed by atoms with E-state index in [1.54, 1.807) is 6.92 Å². The van der Waals surface area contributed by atoms with Gasteiger partial charge in [0.1, 0.15) is 12.8 Å². The van der Waals surface area contributed by atoms with E-state index in [-0.39, 0.29) is 41.8 Å². The number of carbonyl (C=O) groups is 2. The third-order valence-electron chi connectivity index (χ3n) is 10.9. The minimum Gasteiger partial charge on any atom is -0.390 e. The van der Waals surface area contributed by atoms with E-state index in [0.717, 1.165) is 5.69 Å². The van der Waals surface area contributed by atoms with Gasteiger partial charge in [-0.3, -0.25) is 9.59 Å². The molecule has 5 aliphatic rings. The van der Waals surface area contributed by atoms with Gasteiger partial charge in [-0.25, -0.2) is 8.78 Å². The fourth-order valence-corrected chi connectivity index (χ4v) is 9.26. The Balaban J connectivity index is 1.46. The number of benzene rings is 1. The van der Waals surface area contributed by atoms with E-state index in [1.165, 1.54) is 18.2 Å². The normalized spacial score (nSPS) is 47.1. The fourth-order valence-electron chi connectivity index (χ4n) is 9.26. The number of hydrogen-bond donors (Lipinski definition) is 2. The van der Waals surface area contributed by atoms with Crippen molar-refractivity contribution in [3.8, 4) is 0 Å². The fraction of sp³-hybridized carbons (Fsp3) is 0.586. The van der Waals surface area contributed by atoms with Crippen LogP contribution in [0, 0.1) is 34.0 Å². The SMILES string of the molecule is C[C@]12C=CC(=O)C=C1[C@@H](F)C[C@H]1[C@@H]3C[C@H]4CN(c5ccccc5)C[C@@]4(C(=O)CO)[C@@]3(C)C[C@H](O)[C@@]12F. The van der Waals surface area contributed by atoms with Crippen LogP contribution in [-0.2, 0) is 9.59 Å². The summed E-state index contributed by atoms with van der Waals surface area (Å²) >= 11 is 0. The third kappa shape index (κ3) is 2.66. The molecule has 2 N–H and O–H groups in total. The summed E-state index contributed by atoms with van der Waals surface area (Å²) in [6.45, 7) is 3.88. The van der Waals surface area contributed by atoms with Crippen molar-refractivity contribution in [3.05, 3.63) is 54.1 Å². The standard InChI is InChI=1S/C29H33F2NO4/c1-26-9-8-19(34)11-22(26)23(30)12-21-20-10-17-14-32(18-6-4-3-5-7-18)16-28(17,25(36)15-33)27(20,2)13-24(35)29(21,26)31/h3-9,11,17,20-21,23-24,33,35H,10,12-16H2,1-2H3/t17-,20-,21-,23-,24-,26-,27-,28+,29-/m0/s1. The summed E-state index contributed by atoms with van der Waals surface area (Å²) < 4.78 is 33.1. The molecule has 0 spiro atoms. The number of allylic oxidation sites excluding steroid dienone is 4. The van der Waals surface area contributed by atoms with Gasteiger partial charge in [-0.1, -0.05) is 31.2 Å². The molecular formula is C29H33F2NO4. The van der Waals surface area contributed by atoms with E-state index in [4.69, 9.17) is 0 Å². The zero-order valence-electron chi connectivity index (χ0n) is 20.7. The molecule has 0 aromatic heterocycles. The summed E-state index contributed by atoms with van der Waals surface area (Å²) in [7, 11) is 0. The predicted octanol–water partition coefficient (Wildman–Crippen LogP) is 3.60. The number of rotatable bonds is 3. The molecule has 192 valence electrons. The molecule has 4 aliphatic carbocycles. The number of halogens is 2. The van der Waals surface area contributed by atoms with E-state index >= 15 is 8.78 Å². The van der Waals surface area contributed by atoms with Crippen LogP contribution in [0.3, 0.4) is 0 Å². The first-order valence-corrected chi connectivity index (χ1v) is 12.9. The molecule has 4 fully saturated rings. The predicted molar refractivity (Wildman–Crippen MR) is 131 cm³/mol. The monoisotopic (exact) mass is 497 g/mol. The molecule has 0 bridgehead atoms. The Hall–Kier alpha value is -2.38. The van der Waals surface area contributed by atoms with Gasteiger partial charge in [-0.2, -0.15) is 0 Å². The minimum atomic E-state index is -2.16. The summed E-state index contributed by atoms with van der Waals surface area (Å²) in [6.07, 6.45) is 1.40. The van der Waals surface area contributed by atoms with Crippen molar-refractivity contribution in [2.24, 2.45) is 34.0 Å². The maximum atomic E-state index is 17.4. The van der Waals surface area contributed by atoms with Gasteiger partial charge in [0.15, 0.2) is 17.2 Å². The average Bonchev–Trinajstić information content (AvgIpc) is 3.36. The highest BCUT2D eigenvalue weighted by Crippen LogP contribution is 2.74. The van der Waals surface area contributed by atoms with Crippen LogP contribution in [0.2, 0.25) is 0 Å². The summed E-state index contributed by atoms with van der Waals surface area (Å²) in [6, 6.07) is 9.78. The molecule has 9 atom stereocenters. The Morgan fingerprint density at radius 1 is 1.17 bits per heavy atom. The van der Waals surface area contributed by atoms with Crippen LogP contribution in [0.1, 0.15) is 33.1 Å². The summed E-state index contributed by atoms with van der Waals surface area (Å²) in [5.74, 6) is -1.95. The Bertz CT molecular complexity index is 1180. The number of para-hydroxylation sites is 1. The van der Waals surface area contributed by atoms with Gasteiger partial charge < -0.3 is 15.1 Å². The second-order valence-electron chi connectivity index (χ2n) is 12.1. The van der Waals surface area contributed by atoms with Gasteiger partial charge in [0, 0.05) is 30.1 Å². The van der Waals surface area contributed by atoms with Crippen LogP contribution in [0.5, 0.6) is 0 Å². The van der Waals surface area contributed by atoms with Crippen molar-refractivity contribution < 1.29 is 28.6 Å². The number of Topliss-reactive ketones (excluding diaryl/α,β-unsaturated/α-hetero) is 1. The lowest BCUT2D eigenvalue weighted by molar-refractivity contribution is -0.210. The molecule has 0 radical (unpaired) electrons. The largest absolute Gasteiger partial charge is 0.390 e. The number of nitrogens with zero attached hydrogens (tertiary/aromatic N) is 1. The number of alkyl halides is 2. The van der Waals surface area contributed by atoms with E-state index in [0.29, 0.717) is 19.5 Å². The van der Waals surface area contributed by atoms with Gasteiger partial charge in [0.05, 0.1) is 11.5 Å². The highest BCUT2D eigenvalue weighted by atomic mass is 19.1. The van der Waals surface area contributed by atoms with Crippen LogP contribution in [0.25, 0.3) is 0 Å². The molecule has 0 unspecified atom stereocenters.